The van der Waals surface area contributed by atoms with Crippen LogP contribution in [0.3, 0.4) is 0 Å². The predicted octanol–water partition coefficient (Wildman–Crippen LogP) is 3.58. The van der Waals surface area contributed by atoms with Crippen molar-refractivity contribution in [2.45, 2.75) is 6.04 Å². The van der Waals surface area contributed by atoms with Crippen molar-refractivity contribution in [3.8, 4) is 0 Å². The van der Waals surface area contributed by atoms with Crippen molar-refractivity contribution in [1.29, 1.82) is 0 Å². The molecule has 0 saturated carbocycles. The second-order valence-corrected chi connectivity index (χ2v) is 9.02. The zero-order chi connectivity index (χ0) is 19.7. The number of likely N-dealkylation sites (tertiary alicyclic amines) is 1. The molecule has 144 valence electrons. The number of rotatable bonds is 2. The average Bonchev–Trinajstić information content (AvgIpc) is 3.07. The van der Waals surface area contributed by atoms with E-state index in [1.807, 2.05) is 10.9 Å². The van der Waals surface area contributed by atoms with Crippen LogP contribution in [0.5, 0.6) is 0 Å². The van der Waals surface area contributed by atoms with Gasteiger partial charge >= 0.3 is 5.17 Å². The van der Waals surface area contributed by atoms with E-state index in [-0.39, 0.29) is 6.04 Å². The number of hydrogen-bond acceptors (Lipinski definition) is 2. The number of piperidine rings is 1. The molecule has 1 saturated heterocycles. The quantitative estimate of drug-likeness (QED) is 0.482. The van der Waals surface area contributed by atoms with Gasteiger partial charge in [-0.05, 0) is 35.2 Å². The standard InChI is InChI=1S/C23H27N4S/c1-27(2)15-19(14-17-10-6-4-7-11-17)21-20(16-27)22(18-12-8-5-9-13-18)26(25-21)23(24)28-3/h4-14,20,22,24H,15-16H2,1-3H3/q+1/p+1/b19-14+/t20-,22-/m1/s1. The topological polar surface area (TPSA) is 41.4 Å². The Kier molecular flexibility index (Phi) is 5.13. The molecule has 0 aromatic heterocycles. The molecule has 1 fully saturated rings. The minimum absolute atomic E-state index is 0.139. The molecule has 2 aromatic carbocycles. The number of hydrazone groups is 1. The first-order chi connectivity index (χ1) is 13.5. The summed E-state index contributed by atoms with van der Waals surface area (Å²) < 4.78 is 2.99. The Morgan fingerprint density at radius 3 is 2.39 bits per heavy atom. The SMILES string of the molecule is CS/C(N)=[N+]1N=C2/C(=C/c3ccccc3)C[N+](C)(C)C[C@H]2[C@H]/1c1ccccc1. The van der Waals surface area contributed by atoms with Crippen LogP contribution < -0.4 is 5.73 Å². The molecule has 28 heavy (non-hydrogen) atoms. The molecule has 0 bridgehead atoms. The second-order valence-electron chi connectivity index (χ2n) is 8.19. The van der Waals surface area contributed by atoms with Gasteiger partial charge in [-0.25, -0.2) is 0 Å². The molecule has 4 rings (SSSR count). The van der Waals surface area contributed by atoms with Gasteiger partial charge < -0.3 is 4.48 Å². The molecule has 5 heteroatoms. The fourth-order valence-electron chi connectivity index (χ4n) is 4.37. The summed E-state index contributed by atoms with van der Waals surface area (Å²) in [5.41, 5.74) is 11.4. The van der Waals surface area contributed by atoms with Crippen molar-refractivity contribution >= 4 is 28.7 Å². The van der Waals surface area contributed by atoms with E-state index >= 15 is 0 Å². The van der Waals surface area contributed by atoms with Gasteiger partial charge in [0.15, 0.2) is 6.04 Å². The van der Waals surface area contributed by atoms with Gasteiger partial charge in [0.25, 0.3) is 0 Å². The van der Waals surface area contributed by atoms with Gasteiger partial charge in [0.05, 0.1) is 20.6 Å². The highest BCUT2D eigenvalue weighted by Crippen LogP contribution is 2.40. The third-order valence-electron chi connectivity index (χ3n) is 5.55. The molecular weight excluding hydrogens is 364 g/mol. The Balaban J connectivity index is 1.85. The Morgan fingerprint density at radius 2 is 1.75 bits per heavy atom. The van der Waals surface area contributed by atoms with E-state index in [4.69, 9.17) is 10.8 Å². The van der Waals surface area contributed by atoms with Crippen molar-refractivity contribution < 1.29 is 9.17 Å². The zero-order valence-electron chi connectivity index (χ0n) is 16.7. The number of quaternary nitrogens is 1. The normalized spacial score (nSPS) is 26.7. The largest absolute Gasteiger partial charge is 0.329 e. The number of nitrogens with zero attached hydrogens (tertiary/aromatic N) is 3. The molecule has 2 N–H and O–H groups in total. The first-order valence-corrected chi connectivity index (χ1v) is 10.9. The van der Waals surface area contributed by atoms with Gasteiger partial charge in [-0.3, -0.25) is 5.73 Å². The van der Waals surface area contributed by atoms with Gasteiger partial charge in [-0.1, -0.05) is 65.8 Å². The molecule has 0 aliphatic carbocycles. The molecule has 4 nitrogen and oxygen atoms in total. The zero-order valence-corrected chi connectivity index (χ0v) is 17.6. The minimum Gasteiger partial charge on any atom is -0.324 e. The van der Waals surface area contributed by atoms with Crippen molar-refractivity contribution in [2.24, 2.45) is 16.8 Å². The second kappa shape index (κ2) is 7.57. The molecule has 0 radical (unpaired) electrons. The smallest absolute Gasteiger partial charge is 0.324 e. The number of likely N-dealkylation sites (N-methyl/N-ethyl adjacent to an activating group) is 1. The van der Waals surface area contributed by atoms with Crippen LogP contribution in [0.4, 0.5) is 0 Å². The number of thioether (sulfide) groups is 1. The highest BCUT2D eigenvalue weighted by molar-refractivity contribution is 8.12. The molecule has 2 aliphatic rings. The highest BCUT2D eigenvalue weighted by Gasteiger charge is 2.49. The number of fused-ring (bicyclic) bond motifs is 1. The molecule has 0 spiro atoms. The maximum absolute atomic E-state index is 6.40. The Bertz CT molecular complexity index is 945. The maximum atomic E-state index is 6.40. The summed E-state index contributed by atoms with van der Waals surface area (Å²) in [6, 6.07) is 21.3. The van der Waals surface area contributed by atoms with E-state index in [1.54, 1.807) is 11.8 Å². The van der Waals surface area contributed by atoms with Gasteiger partial charge in [-0.15, -0.1) is 4.68 Å². The van der Waals surface area contributed by atoms with Crippen molar-refractivity contribution in [3.05, 3.63) is 77.4 Å². The third-order valence-corrected chi connectivity index (χ3v) is 6.15. The summed E-state index contributed by atoms with van der Waals surface area (Å²) in [6.07, 6.45) is 4.31. The van der Waals surface area contributed by atoms with E-state index in [1.165, 1.54) is 22.4 Å². The number of amidine groups is 1. The van der Waals surface area contributed by atoms with Crippen LogP contribution >= 0.6 is 11.8 Å². The summed E-state index contributed by atoms with van der Waals surface area (Å²) in [4.78, 5) is 0. The molecule has 0 amide bonds. The summed E-state index contributed by atoms with van der Waals surface area (Å²) in [7, 11) is 4.62. The fraction of sp³-hybridized carbons (Fsp3) is 0.304. The van der Waals surface area contributed by atoms with Crippen molar-refractivity contribution in [2.75, 3.05) is 33.4 Å². The van der Waals surface area contributed by atoms with Crippen LogP contribution in [0.15, 0.2) is 71.3 Å². The predicted molar refractivity (Wildman–Crippen MR) is 119 cm³/mol. The van der Waals surface area contributed by atoms with Gasteiger partial charge in [0.1, 0.15) is 18.2 Å². The Morgan fingerprint density at radius 1 is 1.11 bits per heavy atom. The van der Waals surface area contributed by atoms with Crippen LogP contribution in [0.25, 0.3) is 6.08 Å². The lowest BCUT2D eigenvalue weighted by atomic mass is 9.82. The summed E-state index contributed by atoms with van der Waals surface area (Å²) >= 11 is 1.56. The van der Waals surface area contributed by atoms with E-state index in [0.717, 1.165) is 22.7 Å². The van der Waals surface area contributed by atoms with Crippen LogP contribution in [0.2, 0.25) is 0 Å². The van der Waals surface area contributed by atoms with Gasteiger partial charge in [0.2, 0.25) is 0 Å². The number of benzene rings is 2. The molecular formula is C23H28N4S+2. The maximum Gasteiger partial charge on any atom is 0.329 e. The number of nitrogens with two attached hydrogens (primary N) is 1. The summed E-state index contributed by atoms with van der Waals surface area (Å²) in [6.45, 7) is 2.02. The molecule has 2 heterocycles. The Hall–Kier alpha value is -2.37. The van der Waals surface area contributed by atoms with Crippen molar-refractivity contribution in [1.82, 2.24) is 0 Å². The van der Waals surface area contributed by atoms with Gasteiger partial charge in [0, 0.05) is 5.57 Å². The molecule has 2 aliphatic heterocycles. The van der Waals surface area contributed by atoms with Crippen molar-refractivity contribution in [3.63, 3.8) is 0 Å². The third kappa shape index (κ3) is 3.64. The number of hydrogen-bond donors (Lipinski definition) is 1. The molecule has 2 atom stereocenters. The van der Waals surface area contributed by atoms with E-state index < -0.39 is 0 Å². The van der Waals surface area contributed by atoms with E-state index in [9.17, 15) is 0 Å². The lowest BCUT2D eigenvalue weighted by molar-refractivity contribution is -0.890. The van der Waals surface area contributed by atoms with Crippen LogP contribution in [0.1, 0.15) is 17.2 Å². The van der Waals surface area contributed by atoms with E-state index in [2.05, 4.69) is 80.8 Å². The average molecular weight is 393 g/mol. The Labute approximate surface area is 171 Å². The lowest BCUT2D eigenvalue weighted by Crippen LogP contribution is -2.52. The van der Waals surface area contributed by atoms with Gasteiger partial charge in [-0.2, -0.15) is 0 Å². The first-order valence-electron chi connectivity index (χ1n) is 9.65. The molecule has 2 aromatic rings. The summed E-state index contributed by atoms with van der Waals surface area (Å²) in [5, 5.41) is 5.82. The van der Waals surface area contributed by atoms with E-state index in [0.29, 0.717) is 5.92 Å². The first kappa shape index (κ1) is 19.0. The minimum atomic E-state index is 0.139. The molecule has 0 unspecified atom stereocenters. The van der Waals surface area contributed by atoms with Crippen LogP contribution in [-0.2, 0) is 0 Å². The van der Waals surface area contributed by atoms with Crippen LogP contribution in [0, 0.1) is 5.92 Å². The monoisotopic (exact) mass is 392 g/mol. The highest BCUT2D eigenvalue weighted by atomic mass is 32.2. The summed E-state index contributed by atoms with van der Waals surface area (Å²) in [5.74, 6) is 0.312. The van der Waals surface area contributed by atoms with Crippen LogP contribution in [-0.4, -0.2) is 53.5 Å². The lowest BCUT2D eigenvalue weighted by Gasteiger charge is -2.38. The fourth-order valence-corrected chi connectivity index (χ4v) is 4.72.